The number of hydrogen-bond acceptors (Lipinski definition) is 2. The van der Waals surface area contributed by atoms with Gasteiger partial charge in [-0.25, -0.2) is 4.39 Å². The number of halogens is 2. The van der Waals surface area contributed by atoms with Crippen molar-refractivity contribution < 1.29 is 14.0 Å². The molecule has 1 aliphatic carbocycles. The van der Waals surface area contributed by atoms with E-state index in [9.17, 15) is 14.0 Å². The molecule has 1 saturated carbocycles. The number of carbonyl (C=O) groups is 2. The van der Waals surface area contributed by atoms with E-state index in [-0.39, 0.29) is 30.8 Å². The molecule has 0 saturated heterocycles. The molecule has 0 aromatic heterocycles. The van der Waals surface area contributed by atoms with E-state index >= 15 is 0 Å². The van der Waals surface area contributed by atoms with Crippen LogP contribution in [0.15, 0.2) is 78.9 Å². The average molecular weight is 507 g/mol. The molecule has 0 unspecified atom stereocenters. The first kappa shape index (κ1) is 25.9. The van der Waals surface area contributed by atoms with Crippen molar-refractivity contribution in [3.63, 3.8) is 0 Å². The van der Waals surface area contributed by atoms with Gasteiger partial charge in [0.15, 0.2) is 0 Å². The fourth-order valence-electron chi connectivity index (χ4n) is 4.83. The molecular weight excluding hydrogens is 475 g/mol. The first-order valence-electron chi connectivity index (χ1n) is 12.6. The Labute approximate surface area is 217 Å². The van der Waals surface area contributed by atoms with Crippen LogP contribution in [-0.2, 0) is 29.0 Å². The molecule has 0 aliphatic heterocycles. The van der Waals surface area contributed by atoms with Gasteiger partial charge in [-0.3, -0.25) is 9.59 Å². The summed E-state index contributed by atoms with van der Waals surface area (Å²) < 4.78 is 14.7. The van der Waals surface area contributed by atoms with E-state index in [0.717, 1.165) is 36.8 Å². The summed E-state index contributed by atoms with van der Waals surface area (Å²) >= 11 is 6.15. The van der Waals surface area contributed by atoms with Crippen molar-refractivity contribution in [2.75, 3.05) is 0 Å². The quantitative estimate of drug-likeness (QED) is 0.380. The molecule has 0 spiro atoms. The number of nitrogens with one attached hydrogen (secondary N) is 1. The number of hydrogen-bond donors (Lipinski definition) is 1. The van der Waals surface area contributed by atoms with Crippen LogP contribution in [0.1, 0.15) is 48.8 Å². The maximum Gasteiger partial charge on any atom is 0.243 e. The van der Waals surface area contributed by atoms with Crippen LogP contribution in [-0.4, -0.2) is 28.8 Å². The second-order valence-electron chi connectivity index (χ2n) is 9.47. The molecule has 6 heteroatoms. The molecule has 188 valence electrons. The standard InChI is InChI=1S/C30H32ClFN2O2/c31-25-14-9-12-23(18-25)20-29(35)34(21-24-13-7-8-17-27(24)32)28(19-22-10-3-1-4-11-22)30(36)33-26-15-5-2-6-16-26/h1,3-4,7-14,17-18,26,28H,2,5-6,15-16,19-21H2,(H,33,36)/t28-/m0/s1. The lowest BCUT2D eigenvalue weighted by atomic mass is 9.94. The summed E-state index contributed by atoms with van der Waals surface area (Å²) in [4.78, 5) is 29.0. The lowest BCUT2D eigenvalue weighted by Crippen LogP contribution is -2.53. The van der Waals surface area contributed by atoms with Gasteiger partial charge < -0.3 is 10.2 Å². The van der Waals surface area contributed by atoms with E-state index in [1.165, 1.54) is 17.4 Å². The molecule has 1 fully saturated rings. The molecule has 1 atom stereocenters. The molecule has 0 radical (unpaired) electrons. The molecule has 4 nitrogen and oxygen atoms in total. The SMILES string of the molecule is O=C(NC1CCCCC1)[C@H](Cc1ccccc1)N(Cc1ccccc1F)C(=O)Cc1cccc(Cl)c1. The summed E-state index contributed by atoms with van der Waals surface area (Å²) in [6.07, 6.45) is 5.63. The summed E-state index contributed by atoms with van der Waals surface area (Å²) in [7, 11) is 0. The van der Waals surface area contributed by atoms with Gasteiger partial charge in [0.1, 0.15) is 11.9 Å². The third-order valence-corrected chi connectivity index (χ3v) is 7.00. The third-order valence-electron chi connectivity index (χ3n) is 6.77. The fraction of sp³-hybridized carbons (Fsp3) is 0.333. The van der Waals surface area contributed by atoms with Crippen LogP contribution in [0.25, 0.3) is 0 Å². The largest absolute Gasteiger partial charge is 0.352 e. The van der Waals surface area contributed by atoms with Crippen molar-refractivity contribution >= 4 is 23.4 Å². The Morgan fingerprint density at radius 2 is 1.61 bits per heavy atom. The van der Waals surface area contributed by atoms with Crippen LogP contribution < -0.4 is 5.32 Å². The predicted molar refractivity (Wildman–Crippen MR) is 141 cm³/mol. The summed E-state index contributed by atoms with van der Waals surface area (Å²) in [5, 5.41) is 3.74. The highest BCUT2D eigenvalue weighted by molar-refractivity contribution is 6.30. The van der Waals surface area contributed by atoms with Gasteiger partial charge in [0.2, 0.25) is 11.8 Å². The Bertz CT molecular complexity index is 1160. The monoisotopic (exact) mass is 506 g/mol. The lowest BCUT2D eigenvalue weighted by molar-refractivity contribution is -0.141. The van der Waals surface area contributed by atoms with Crippen molar-refractivity contribution in [3.05, 3.63) is 106 Å². The number of rotatable bonds is 9. The lowest BCUT2D eigenvalue weighted by Gasteiger charge is -2.33. The summed E-state index contributed by atoms with van der Waals surface area (Å²) in [5.41, 5.74) is 2.06. The Morgan fingerprint density at radius 1 is 0.917 bits per heavy atom. The zero-order valence-electron chi connectivity index (χ0n) is 20.3. The van der Waals surface area contributed by atoms with Crippen LogP contribution in [0.2, 0.25) is 5.02 Å². The average Bonchev–Trinajstić information content (AvgIpc) is 2.88. The van der Waals surface area contributed by atoms with Crippen molar-refractivity contribution in [2.45, 2.75) is 63.6 Å². The highest BCUT2D eigenvalue weighted by Crippen LogP contribution is 2.21. The highest BCUT2D eigenvalue weighted by atomic mass is 35.5. The van der Waals surface area contributed by atoms with Gasteiger partial charge in [0.25, 0.3) is 0 Å². The molecule has 1 aliphatic rings. The van der Waals surface area contributed by atoms with Gasteiger partial charge in [-0.15, -0.1) is 0 Å². The number of amides is 2. The fourth-order valence-corrected chi connectivity index (χ4v) is 5.04. The smallest absolute Gasteiger partial charge is 0.243 e. The van der Waals surface area contributed by atoms with Crippen molar-refractivity contribution in [1.29, 1.82) is 0 Å². The van der Waals surface area contributed by atoms with Crippen LogP contribution >= 0.6 is 11.6 Å². The molecule has 0 bridgehead atoms. The van der Waals surface area contributed by atoms with E-state index in [1.807, 2.05) is 36.4 Å². The molecular formula is C30H32ClFN2O2. The van der Waals surface area contributed by atoms with Crippen LogP contribution in [0.4, 0.5) is 4.39 Å². The van der Waals surface area contributed by atoms with Crippen LogP contribution in [0, 0.1) is 5.82 Å². The maximum atomic E-state index is 14.7. The Balaban J connectivity index is 1.66. The molecule has 3 aromatic rings. The number of carbonyl (C=O) groups excluding carboxylic acids is 2. The minimum Gasteiger partial charge on any atom is -0.352 e. The zero-order valence-corrected chi connectivity index (χ0v) is 21.1. The Hall–Kier alpha value is -3.18. The van der Waals surface area contributed by atoms with E-state index in [0.29, 0.717) is 17.0 Å². The van der Waals surface area contributed by atoms with Gasteiger partial charge in [-0.05, 0) is 42.2 Å². The van der Waals surface area contributed by atoms with Gasteiger partial charge in [-0.2, -0.15) is 0 Å². The number of benzene rings is 3. The molecule has 3 aromatic carbocycles. The highest BCUT2D eigenvalue weighted by Gasteiger charge is 2.32. The second-order valence-corrected chi connectivity index (χ2v) is 9.91. The summed E-state index contributed by atoms with van der Waals surface area (Å²) in [6.45, 7) is 0.00165. The van der Waals surface area contributed by atoms with Gasteiger partial charge in [0, 0.05) is 29.6 Å². The third kappa shape index (κ3) is 7.17. The molecule has 1 N–H and O–H groups in total. The molecule has 0 heterocycles. The van der Waals surface area contributed by atoms with E-state index in [4.69, 9.17) is 11.6 Å². The first-order chi connectivity index (χ1) is 17.5. The number of nitrogens with zero attached hydrogens (tertiary/aromatic N) is 1. The second kappa shape index (κ2) is 12.7. The summed E-state index contributed by atoms with van der Waals surface area (Å²) in [6, 6.07) is 22.5. The van der Waals surface area contributed by atoms with Crippen molar-refractivity contribution in [1.82, 2.24) is 10.2 Å². The van der Waals surface area contributed by atoms with Gasteiger partial charge >= 0.3 is 0 Å². The maximum absolute atomic E-state index is 14.7. The predicted octanol–water partition coefficient (Wildman–Crippen LogP) is 6.11. The van der Waals surface area contributed by atoms with Crippen molar-refractivity contribution in [3.8, 4) is 0 Å². The molecule has 2 amide bonds. The molecule has 36 heavy (non-hydrogen) atoms. The van der Waals surface area contributed by atoms with Gasteiger partial charge in [0.05, 0.1) is 6.42 Å². The van der Waals surface area contributed by atoms with Crippen LogP contribution in [0.3, 0.4) is 0 Å². The van der Waals surface area contributed by atoms with E-state index < -0.39 is 11.9 Å². The first-order valence-corrected chi connectivity index (χ1v) is 13.0. The Morgan fingerprint density at radius 3 is 2.33 bits per heavy atom. The zero-order chi connectivity index (χ0) is 25.3. The van der Waals surface area contributed by atoms with Crippen LogP contribution in [0.5, 0.6) is 0 Å². The van der Waals surface area contributed by atoms with E-state index in [1.54, 1.807) is 36.4 Å². The normalized spacial score (nSPS) is 14.7. The minimum absolute atomic E-state index is 0.00165. The van der Waals surface area contributed by atoms with Crippen molar-refractivity contribution in [2.24, 2.45) is 0 Å². The molecule has 4 rings (SSSR count). The Kier molecular flexibility index (Phi) is 9.12. The minimum atomic E-state index is -0.777. The topological polar surface area (TPSA) is 49.4 Å². The summed E-state index contributed by atoms with van der Waals surface area (Å²) in [5.74, 6) is -0.842. The van der Waals surface area contributed by atoms with Gasteiger partial charge in [-0.1, -0.05) is 91.5 Å². The van der Waals surface area contributed by atoms with E-state index in [2.05, 4.69) is 5.32 Å².